The van der Waals surface area contributed by atoms with E-state index in [1.54, 1.807) is 6.08 Å². The minimum absolute atomic E-state index is 0.361. The van der Waals surface area contributed by atoms with Crippen molar-refractivity contribution in [3.8, 4) is 0 Å². The molecule has 15 heavy (non-hydrogen) atoms. The van der Waals surface area contributed by atoms with Crippen molar-refractivity contribution in [3.63, 3.8) is 0 Å². The van der Waals surface area contributed by atoms with Crippen molar-refractivity contribution in [2.45, 2.75) is 13.8 Å². The van der Waals surface area contributed by atoms with Gasteiger partial charge in [-0.15, -0.1) is 0 Å². The first-order chi connectivity index (χ1) is 7.04. The largest absolute Gasteiger partial charge is 0.466 e. The van der Waals surface area contributed by atoms with Crippen LogP contribution in [0.15, 0.2) is 18.2 Å². The van der Waals surface area contributed by atoms with Gasteiger partial charge in [0.2, 0.25) is 0 Å². The Balaban J connectivity index is 2.97. The lowest BCUT2D eigenvalue weighted by atomic mass is 10.1. The van der Waals surface area contributed by atoms with E-state index in [2.05, 4.69) is 4.74 Å². The van der Waals surface area contributed by atoms with E-state index in [1.807, 2.05) is 26.0 Å². The maximum absolute atomic E-state index is 10.9. The monoisotopic (exact) mass is 224 g/mol. The number of ether oxygens (including phenoxy) is 1. The van der Waals surface area contributed by atoms with Gasteiger partial charge in [0.05, 0.1) is 7.11 Å². The number of rotatable bonds is 2. The first kappa shape index (κ1) is 11.8. The lowest BCUT2D eigenvalue weighted by Crippen LogP contribution is -1.93. The Labute approximate surface area is 94.5 Å². The number of benzene rings is 1. The summed E-state index contributed by atoms with van der Waals surface area (Å²) in [5, 5.41) is 0.769. The zero-order valence-electron chi connectivity index (χ0n) is 9.00. The second-order valence-electron chi connectivity index (χ2n) is 3.33. The molecule has 0 fully saturated rings. The number of hydrogen-bond acceptors (Lipinski definition) is 2. The molecule has 0 saturated carbocycles. The third-order valence-corrected chi connectivity index (χ3v) is 2.67. The molecule has 0 heterocycles. The van der Waals surface area contributed by atoms with Crippen LogP contribution in [0.3, 0.4) is 0 Å². The van der Waals surface area contributed by atoms with E-state index in [-0.39, 0.29) is 5.97 Å². The van der Waals surface area contributed by atoms with Crippen molar-refractivity contribution in [3.05, 3.63) is 39.9 Å². The molecule has 2 nitrogen and oxygen atoms in total. The fourth-order valence-electron chi connectivity index (χ4n) is 1.31. The average Bonchev–Trinajstić information content (AvgIpc) is 2.22. The van der Waals surface area contributed by atoms with E-state index in [1.165, 1.54) is 13.2 Å². The van der Waals surface area contributed by atoms with Gasteiger partial charge in [-0.2, -0.15) is 0 Å². The summed E-state index contributed by atoms with van der Waals surface area (Å²) in [6.45, 7) is 3.87. The van der Waals surface area contributed by atoms with Crippen LogP contribution >= 0.6 is 11.6 Å². The van der Waals surface area contributed by atoms with Crippen molar-refractivity contribution in [1.29, 1.82) is 0 Å². The van der Waals surface area contributed by atoms with E-state index < -0.39 is 0 Å². The van der Waals surface area contributed by atoms with Gasteiger partial charge in [0.15, 0.2) is 0 Å². The molecule has 0 saturated heterocycles. The summed E-state index contributed by atoms with van der Waals surface area (Å²) >= 11 is 6.02. The third-order valence-electron chi connectivity index (χ3n) is 2.07. The molecule has 1 aromatic rings. The molecule has 3 heteroatoms. The highest BCUT2D eigenvalue weighted by atomic mass is 35.5. The fourth-order valence-corrected chi connectivity index (χ4v) is 1.42. The van der Waals surface area contributed by atoms with Crippen LogP contribution in [0.1, 0.15) is 16.7 Å². The normalized spacial score (nSPS) is 10.7. The average molecular weight is 225 g/mol. The number of carbonyl (C=O) groups excluding carboxylic acids is 1. The van der Waals surface area contributed by atoms with E-state index in [4.69, 9.17) is 11.6 Å². The molecule has 0 atom stereocenters. The van der Waals surface area contributed by atoms with Crippen LogP contribution in [-0.2, 0) is 9.53 Å². The van der Waals surface area contributed by atoms with E-state index >= 15 is 0 Å². The molecule has 0 unspecified atom stereocenters. The number of methoxy groups -OCH3 is 1. The minimum Gasteiger partial charge on any atom is -0.466 e. The number of hydrogen-bond donors (Lipinski definition) is 0. The van der Waals surface area contributed by atoms with Crippen molar-refractivity contribution in [1.82, 2.24) is 0 Å². The van der Waals surface area contributed by atoms with Crippen LogP contribution in [0.2, 0.25) is 5.02 Å². The van der Waals surface area contributed by atoms with Gasteiger partial charge in [0.25, 0.3) is 0 Å². The summed E-state index contributed by atoms with van der Waals surface area (Å²) in [6.07, 6.45) is 3.10. The van der Waals surface area contributed by atoms with Gasteiger partial charge in [-0.05, 0) is 36.6 Å². The van der Waals surface area contributed by atoms with Crippen molar-refractivity contribution < 1.29 is 9.53 Å². The molecule has 0 radical (unpaired) electrons. The molecule has 1 rings (SSSR count). The predicted octanol–water partition coefficient (Wildman–Crippen LogP) is 3.14. The van der Waals surface area contributed by atoms with Gasteiger partial charge >= 0.3 is 5.97 Å². The van der Waals surface area contributed by atoms with Gasteiger partial charge in [-0.1, -0.05) is 23.7 Å². The number of aryl methyl sites for hydroxylation is 2. The van der Waals surface area contributed by atoms with Crippen LogP contribution in [0.25, 0.3) is 6.08 Å². The smallest absolute Gasteiger partial charge is 0.330 e. The number of halogens is 1. The molecule has 0 amide bonds. The molecule has 0 spiro atoms. The molecule has 0 bridgehead atoms. The predicted molar refractivity (Wildman–Crippen MR) is 62.0 cm³/mol. The van der Waals surface area contributed by atoms with Gasteiger partial charge in [0.1, 0.15) is 0 Å². The van der Waals surface area contributed by atoms with Crippen LogP contribution in [0.4, 0.5) is 0 Å². The molecular weight excluding hydrogens is 212 g/mol. The van der Waals surface area contributed by atoms with Gasteiger partial charge < -0.3 is 4.74 Å². The maximum atomic E-state index is 10.9. The Morgan fingerprint density at radius 1 is 1.33 bits per heavy atom. The van der Waals surface area contributed by atoms with Gasteiger partial charge in [-0.25, -0.2) is 4.79 Å². The van der Waals surface area contributed by atoms with Crippen LogP contribution < -0.4 is 0 Å². The van der Waals surface area contributed by atoms with E-state index in [9.17, 15) is 4.79 Å². The lowest BCUT2D eigenvalue weighted by molar-refractivity contribution is -0.134. The minimum atomic E-state index is -0.361. The second-order valence-corrected chi connectivity index (χ2v) is 3.70. The SMILES string of the molecule is COC(=O)/C=C/c1cc(C)c(Cl)c(C)c1. The van der Waals surface area contributed by atoms with Gasteiger partial charge in [0, 0.05) is 11.1 Å². The van der Waals surface area contributed by atoms with E-state index in [0.29, 0.717) is 0 Å². The lowest BCUT2D eigenvalue weighted by Gasteiger charge is -2.03. The van der Waals surface area contributed by atoms with Crippen molar-refractivity contribution in [2.75, 3.05) is 7.11 Å². The molecule has 0 aliphatic carbocycles. The van der Waals surface area contributed by atoms with Gasteiger partial charge in [-0.3, -0.25) is 0 Å². The summed E-state index contributed by atoms with van der Waals surface area (Å²) in [5.41, 5.74) is 2.95. The Bertz CT molecular complexity index is 385. The maximum Gasteiger partial charge on any atom is 0.330 e. The molecular formula is C12H13ClO2. The quantitative estimate of drug-likeness (QED) is 0.570. The number of esters is 1. The highest BCUT2D eigenvalue weighted by Gasteiger charge is 2.01. The first-order valence-electron chi connectivity index (χ1n) is 4.57. The summed E-state index contributed by atoms with van der Waals surface area (Å²) in [6, 6.07) is 3.85. The number of carbonyl (C=O) groups is 1. The second kappa shape index (κ2) is 4.99. The standard InChI is InChI=1S/C12H13ClO2/c1-8-6-10(4-5-11(14)15-3)7-9(2)12(8)13/h4-7H,1-3H3/b5-4+. The van der Waals surface area contributed by atoms with Crippen molar-refractivity contribution >= 4 is 23.6 Å². The Kier molecular flexibility index (Phi) is 3.92. The molecule has 0 aromatic heterocycles. The van der Waals surface area contributed by atoms with E-state index in [0.717, 1.165) is 21.7 Å². The van der Waals surface area contributed by atoms with Crippen molar-refractivity contribution in [2.24, 2.45) is 0 Å². The summed E-state index contributed by atoms with van der Waals surface area (Å²) in [5.74, 6) is -0.361. The zero-order chi connectivity index (χ0) is 11.4. The fraction of sp³-hybridized carbons (Fsp3) is 0.250. The zero-order valence-corrected chi connectivity index (χ0v) is 9.76. The third kappa shape index (κ3) is 3.10. The van der Waals surface area contributed by atoms with Crippen LogP contribution in [0.5, 0.6) is 0 Å². The highest BCUT2D eigenvalue weighted by Crippen LogP contribution is 2.22. The van der Waals surface area contributed by atoms with Crippen LogP contribution in [0, 0.1) is 13.8 Å². The highest BCUT2D eigenvalue weighted by molar-refractivity contribution is 6.32. The Morgan fingerprint density at radius 2 is 1.87 bits per heavy atom. The van der Waals surface area contributed by atoms with Crippen LogP contribution in [-0.4, -0.2) is 13.1 Å². The first-order valence-corrected chi connectivity index (χ1v) is 4.95. The Hall–Kier alpha value is -1.28. The molecule has 1 aromatic carbocycles. The topological polar surface area (TPSA) is 26.3 Å². The molecule has 0 aliphatic heterocycles. The Morgan fingerprint density at radius 3 is 2.33 bits per heavy atom. The summed E-state index contributed by atoms with van der Waals surface area (Å²) < 4.78 is 4.50. The summed E-state index contributed by atoms with van der Waals surface area (Å²) in [4.78, 5) is 10.9. The molecule has 80 valence electrons. The molecule has 0 N–H and O–H groups in total. The summed E-state index contributed by atoms with van der Waals surface area (Å²) in [7, 11) is 1.35. The molecule has 0 aliphatic rings.